The topological polar surface area (TPSA) is 48.3 Å². The van der Waals surface area contributed by atoms with Crippen LogP contribution >= 0.6 is 0 Å². The summed E-state index contributed by atoms with van der Waals surface area (Å²) in [4.78, 5) is 4.30. The van der Waals surface area contributed by atoms with Gasteiger partial charge in [0.25, 0.3) is 0 Å². The van der Waals surface area contributed by atoms with Gasteiger partial charge in [-0.25, -0.2) is 4.98 Å². The molecule has 1 heterocycles. The molecular weight excluding hydrogens is 254 g/mol. The summed E-state index contributed by atoms with van der Waals surface area (Å²) in [5.74, 6) is 1.72. The van der Waals surface area contributed by atoms with E-state index in [0.717, 1.165) is 11.7 Å². The number of hydrogen-bond acceptors (Lipinski definition) is 4. The molecule has 1 atom stereocenters. The predicted molar refractivity (Wildman–Crippen MR) is 79.2 cm³/mol. The molecule has 1 aromatic carbocycles. The fourth-order valence-electron chi connectivity index (χ4n) is 1.98. The summed E-state index contributed by atoms with van der Waals surface area (Å²) in [6, 6.07) is 10.0. The van der Waals surface area contributed by atoms with Gasteiger partial charge in [-0.2, -0.15) is 0 Å². The van der Waals surface area contributed by atoms with Crippen molar-refractivity contribution in [3.05, 3.63) is 42.7 Å². The van der Waals surface area contributed by atoms with Crippen LogP contribution in [0.15, 0.2) is 42.7 Å². The number of methoxy groups -OCH3 is 1. The highest BCUT2D eigenvalue weighted by Crippen LogP contribution is 2.13. The first-order chi connectivity index (χ1) is 9.81. The maximum Gasteiger partial charge on any atom is 0.203 e. The van der Waals surface area contributed by atoms with E-state index >= 15 is 0 Å². The molecule has 0 bridgehead atoms. The van der Waals surface area contributed by atoms with Crippen molar-refractivity contribution in [1.82, 2.24) is 9.55 Å². The fourth-order valence-corrected chi connectivity index (χ4v) is 1.98. The van der Waals surface area contributed by atoms with Crippen LogP contribution < -0.4 is 10.1 Å². The first-order valence-electron chi connectivity index (χ1n) is 6.74. The average molecular weight is 275 g/mol. The van der Waals surface area contributed by atoms with Crippen molar-refractivity contribution in [2.45, 2.75) is 13.0 Å². The molecule has 2 rings (SSSR count). The monoisotopic (exact) mass is 275 g/mol. The number of ether oxygens (including phenoxy) is 2. The largest absolute Gasteiger partial charge is 0.492 e. The van der Waals surface area contributed by atoms with Crippen LogP contribution in [-0.2, 0) is 4.74 Å². The number of benzene rings is 1. The van der Waals surface area contributed by atoms with Crippen LogP contribution in [0.25, 0.3) is 0 Å². The standard InChI is InChI=1S/C15H21N3O2/c1-13(12-19-2)18-10-8-16-15(18)17-9-11-20-14-6-4-3-5-7-14/h3-8,10,13H,9,11-12H2,1-2H3,(H,16,17). The van der Waals surface area contributed by atoms with E-state index in [9.17, 15) is 0 Å². The predicted octanol–water partition coefficient (Wildman–Crippen LogP) is 2.58. The Kier molecular flexibility index (Phi) is 5.43. The SMILES string of the molecule is COCC(C)n1ccnc1NCCOc1ccccc1. The van der Waals surface area contributed by atoms with Crippen molar-refractivity contribution in [2.24, 2.45) is 0 Å². The molecule has 0 fully saturated rings. The van der Waals surface area contributed by atoms with Gasteiger partial charge in [0.15, 0.2) is 0 Å². The van der Waals surface area contributed by atoms with E-state index in [1.165, 1.54) is 0 Å². The summed E-state index contributed by atoms with van der Waals surface area (Å²) < 4.78 is 12.9. The minimum atomic E-state index is 0.250. The molecule has 0 saturated heterocycles. The van der Waals surface area contributed by atoms with Gasteiger partial charge in [0.1, 0.15) is 12.4 Å². The Bertz CT molecular complexity index is 499. The number of nitrogens with zero attached hydrogens (tertiary/aromatic N) is 2. The van der Waals surface area contributed by atoms with Crippen LogP contribution in [0.3, 0.4) is 0 Å². The maximum atomic E-state index is 5.63. The highest BCUT2D eigenvalue weighted by atomic mass is 16.5. The van der Waals surface area contributed by atoms with Gasteiger partial charge >= 0.3 is 0 Å². The third-order valence-electron chi connectivity index (χ3n) is 2.95. The highest BCUT2D eigenvalue weighted by Gasteiger charge is 2.08. The molecule has 1 aromatic heterocycles. The molecule has 1 N–H and O–H groups in total. The molecule has 0 amide bonds. The van der Waals surface area contributed by atoms with Crippen molar-refractivity contribution in [3.63, 3.8) is 0 Å². The molecule has 0 aliphatic heterocycles. The van der Waals surface area contributed by atoms with E-state index in [0.29, 0.717) is 19.8 Å². The van der Waals surface area contributed by atoms with Crippen LogP contribution in [0, 0.1) is 0 Å². The number of anilines is 1. The summed E-state index contributed by atoms with van der Waals surface area (Å²) in [7, 11) is 1.70. The Morgan fingerprint density at radius 2 is 2.10 bits per heavy atom. The van der Waals surface area contributed by atoms with Crippen molar-refractivity contribution in [1.29, 1.82) is 0 Å². The molecule has 5 heteroatoms. The molecular formula is C15H21N3O2. The van der Waals surface area contributed by atoms with Gasteiger partial charge in [-0.3, -0.25) is 0 Å². The van der Waals surface area contributed by atoms with E-state index < -0.39 is 0 Å². The van der Waals surface area contributed by atoms with Crippen molar-refractivity contribution in [2.75, 3.05) is 32.2 Å². The molecule has 2 aromatic rings. The van der Waals surface area contributed by atoms with Crippen LogP contribution in [-0.4, -0.2) is 36.4 Å². The highest BCUT2D eigenvalue weighted by molar-refractivity contribution is 5.27. The average Bonchev–Trinajstić information content (AvgIpc) is 2.93. The lowest BCUT2D eigenvalue weighted by molar-refractivity contribution is 0.163. The van der Waals surface area contributed by atoms with Gasteiger partial charge in [-0.05, 0) is 19.1 Å². The minimum Gasteiger partial charge on any atom is -0.492 e. The molecule has 0 saturated carbocycles. The number of nitrogens with one attached hydrogen (secondary N) is 1. The summed E-state index contributed by atoms with van der Waals surface area (Å²) in [5, 5.41) is 3.27. The molecule has 0 radical (unpaired) electrons. The van der Waals surface area contributed by atoms with Gasteiger partial charge in [0.2, 0.25) is 5.95 Å². The lowest BCUT2D eigenvalue weighted by Crippen LogP contribution is -2.18. The van der Waals surface area contributed by atoms with Crippen LogP contribution in [0.1, 0.15) is 13.0 Å². The lowest BCUT2D eigenvalue weighted by Gasteiger charge is -2.16. The first-order valence-corrected chi connectivity index (χ1v) is 6.74. The maximum absolute atomic E-state index is 5.63. The normalized spacial score (nSPS) is 12.1. The summed E-state index contributed by atoms with van der Waals surface area (Å²) in [6.07, 6.45) is 3.73. The third kappa shape index (κ3) is 3.99. The number of imidazole rings is 1. The fraction of sp³-hybridized carbons (Fsp3) is 0.400. The second-order valence-corrected chi connectivity index (χ2v) is 4.55. The van der Waals surface area contributed by atoms with Crippen LogP contribution in [0.5, 0.6) is 5.75 Å². The Balaban J connectivity index is 1.78. The third-order valence-corrected chi connectivity index (χ3v) is 2.95. The number of aromatic nitrogens is 2. The first kappa shape index (κ1) is 14.4. The van der Waals surface area contributed by atoms with Gasteiger partial charge < -0.3 is 19.4 Å². The summed E-state index contributed by atoms with van der Waals surface area (Å²) >= 11 is 0. The summed E-state index contributed by atoms with van der Waals surface area (Å²) in [6.45, 7) is 4.05. The van der Waals surface area contributed by atoms with E-state index in [-0.39, 0.29) is 6.04 Å². The van der Waals surface area contributed by atoms with Crippen molar-refractivity contribution >= 4 is 5.95 Å². The lowest BCUT2D eigenvalue weighted by atomic mass is 10.3. The van der Waals surface area contributed by atoms with E-state index in [1.54, 1.807) is 13.3 Å². The van der Waals surface area contributed by atoms with E-state index in [4.69, 9.17) is 9.47 Å². The van der Waals surface area contributed by atoms with Gasteiger partial charge in [-0.1, -0.05) is 18.2 Å². The molecule has 5 nitrogen and oxygen atoms in total. The van der Waals surface area contributed by atoms with Gasteiger partial charge in [0.05, 0.1) is 19.2 Å². The van der Waals surface area contributed by atoms with E-state index in [1.807, 2.05) is 36.5 Å². The number of rotatable bonds is 8. The Labute approximate surface area is 119 Å². The zero-order chi connectivity index (χ0) is 14.2. The van der Waals surface area contributed by atoms with Gasteiger partial charge in [0, 0.05) is 19.5 Å². The van der Waals surface area contributed by atoms with Crippen molar-refractivity contribution in [3.8, 4) is 5.75 Å². The zero-order valence-corrected chi connectivity index (χ0v) is 12.0. The molecule has 1 unspecified atom stereocenters. The molecule has 0 spiro atoms. The Morgan fingerprint density at radius 1 is 1.30 bits per heavy atom. The van der Waals surface area contributed by atoms with Crippen LogP contribution in [0.4, 0.5) is 5.95 Å². The zero-order valence-electron chi connectivity index (χ0n) is 12.0. The van der Waals surface area contributed by atoms with Crippen molar-refractivity contribution < 1.29 is 9.47 Å². The Morgan fingerprint density at radius 3 is 2.85 bits per heavy atom. The minimum absolute atomic E-state index is 0.250. The second kappa shape index (κ2) is 7.55. The quantitative estimate of drug-likeness (QED) is 0.752. The number of para-hydroxylation sites is 1. The molecule has 20 heavy (non-hydrogen) atoms. The molecule has 108 valence electrons. The second-order valence-electron chi connectivity index (χ2n) is 4.55. The van der Waals surface area contributed by atoms with Crippen LogP contribution in [0.2, 0.25) is 0 Å². The molecule has 0 aliphatic rings. The molecule has 0 aliphatic carbocycles. The number of hydrogen-bond donors (Lipinski definition) is 1. The summed E-state index contributed by atoms with van der Waals surface area (Å²) in [5.41, 5.74) is 0. The smallest absolute Gasteiger partial charge is 0.203 e. The van der Waals surface area contributed by atoms with Gasteiger partial charge in [-0.15, -0.1) is 0 Å². The van der Waals surface area contributed by atoms with E-state index in [2.05, 4.69) is 21.8 Å². The Hall–Kier alpha value is -2.01.